The first-order valence-electron chi connectivity index (χ1n) is 8.96. The van der Waals surface area contributed by atoms with Crippen LogP contribution in [0, 0.1) is 19.8 Å². The maximum atomic E-state index is 13.1. The summed E-state index contributed by atoms with van der Waals surface area (Å²) in [5, 5.41) is 4.23. The minimum atomic E-state index is -3.59. The third-order valence-corrected chi connectivity index (χ3v) is 7.22. The van der Waals surface area contributed by atoms with Gasteiger partial charge in [-0.15, -0.1) is 0 Å². The van der Waals surface area contributed by atoms with Crippen molar-refractivity contribution in [1.82, 2.24) is 19.0 Å². The smallest absolute Gasteiger partial charge is 0.246 e. The number of carbonyl (C=O) groups is 1. The lowest BCUT2D eigenvalue weighted by Gasteiger charge is -2.23. The third-order valence-electron chi connectivity index (χ3n) is 5.07. The minimum absolute atomic E-state index is 0.127. The van der Waals surface area contributed by atoms with Crippen molar-refractivity contribution in [2.75, 3.05) is 26.2 Å². The van der Waals surface area contributed by atoms with E-state index in [9.17, 15) is 13.2 Å². The standard InChI is InChI=1S/C17H30N4O3S/c1-6-13(2)12-16(22)20-8-7-9-21(11-10-20)25(23,24)17-14(3)18-19(5)15(17)4/h13H,6-12H2,1-5H3. The second-order valence-electron chi connectivity index (χ2n) is 6.98. The lowest BCUT2D eigenvalue weighted by molar-refractivity contribution is -0.131. The van der Waals surface area contributed by atoms with Crippen LogP contribution in [-0.4, -0.2) is 59.5 Å². The van der Waals surface area contributed by atoms with Gasteiger partial charge in [-0.25, -0.2) is 8.42 Å². The summed E-state index contributed by atoms with van der Waals surface area (Å²) in [6, 6.07) is 0. The Morgan fingerprint density at radius 3 is 2.44 bits per heavy atom. The molecule has 142 valence electrons. The van der Waals surface area contributed by atoms with Gasteiger partial charge in [0, 0.05) is 39.6 Å². The summed E-state index contributed by atoms with van der Waals surface area (Å²) in [6.07, 6.45) is 2.16. The summed E-state index contributed by atoms with van der Waals surface area (Å²) in [6.45, 7) is 9.48. The molecule has 0 radical (unpaired) electrons. The van der Waals surface area contributed by atoms with Gasteiger partial charge in [-0.2, -0.15) is 9.40 Å². The minimum Gasteiger partial charge on any atom is -0.341 e. The van der Waals surface area contributed by atoms with E-state index < -0.39 is 10.0 Å². The highest BCUT2D eigenvalue weighted by molar-refractivity contribution is 7.89. The molecule has 2 heterocycles. The molecule has 2 rings (SSSR count). The normalized spacial score (nSPS) is 18.2. The molecular formula is C17H30N4O3S. The van der Waals surface area contributed by atoms with Crippen LogP contribution in [0.5, 0.6) is 0 Å². The van der Waals surface area contributed by atoms with Crippen molar-refractivity contribution >= 4 is 15.9 Å². The molecule has 7 nitrogen and oxygen atoms in total. The van der Waals surface area contributed by atoms with Crippen LogP contribution in [-0.2, 0) is 21.9 Å². The lowest BCUT2D eigenvalue weighted by atomic mass is 10.0. The molecule has 1 aromatic rings. The predicted molar refractivity (Wildman–Crippen MR) is 96.7 cm³/mol. The van der Waals surface area contributed by atoms with E-state index in [1.807, 2.05) is 4.90 Å². The van der Waals surface area contributed by atoms with Gasteiger partial charge >= 0.3 is 0 Å². The first-order chi connectivity index (χ1) is 11.7. The van der Waals surface area contributed by atoms with Gasteiger partial charge in [-0.05, 0) is 26.2 Å². The molecule has 8 heteroatoms. The van der Waals surface area contributed by atoms with E-state index in [0.717, 1.165) is 6.42 Å². The molecule has 0 spiro atoms. The van der Waals surface area contributed by atoms with Gasteiger partial charge in [0.25, 0.3) is 0 Å². The van der Waals surface area contributed by atoms with Gasteiger partial charge in [-0.1, -0.05) is 20.3 Å². The van der Waals surface area contributed by atoms with Crippen LogP contribution in [0.1, 0.15) is 44.5 Å². The third kappa shape index (κ3) is 4.23. The molecule has 1 aliphatic rings. The summed E-state index contributed by atoms with van der Waals surface area (Å²) in [4.78, 5) is 14.5. The second kappa shape index (κ2) is 7.86. The van der Waals surface area contributed by atoms with E-state index in [4.69, 9.17) is 0 Å². The molecule has 0 aromatic carbocycles. The van der Waals surface area contributed by atoms with Gasteiger partial charge in [0.05, 0.1) is 11.4 Å². The van der Waals surface area contributed by atoms with Crippen LogP contribution in [0.3, 0.4) is 0 Å². The zero-order chi connectivity index (χ0) is 18.8. The Kier molecular flexibility index (Phi) is 6.26. The van der Waals surface area contributed by atoms with Crippen LogP contribution in [0.15, 0.2) is 4.90 Å². The van der Waals surface area contributed by atoms with Crippen LogP contribution >= 0.6 is 0 Å². The van der Waals surface area contributed by atoms with Gasteiger partial charge in [0.1, 0.15) is 4.90 Å². The molecule has 1 aromatic heterocycles. The second-order valence-corrected chi connectivity index (χ2v) is 8.85. The number of hydrogen-bond acceptors (Lipinski definition) is 4. The summed E-state index contributed by atoms with van der Waals surface area (Å²) >= 11 is 0. The van der Waals surface area contributed by atoms with E-state index in [1.165, 1.54) is 4.31 Å². The fraction of sp³-hybridized carbons (Fsp3) is 0.765. The number of nitrogens with zero attached hydrogens (tertiary/aromatic N) is 4. The Hall–Kier alpha value is -1.41. The number of aromatic nitrogens is 2. The van der Waals surface area contributed by atoms with Crippen LogP contribution in [0.25, 0.3) is 0 Å². The van der Waals surface area contributed by atoms with Gasteiger partial charge in [0.2, 0.25) is 15.9 Å². The van der Waals surface area contributed by atoms with Crippen molar-refractivity contribution in [2.45, 2.75) is 51.9 Å². The molecule has 25 heavy (non-hydrogen) atoms. The topological polar surface area (TPSA) is 75.5 Å². The molecular weight excluding hydrogens is 340 g/mol. The van der Waals surface area contributed by atoms with E-state index in [1.54, 1.807) is 25.6 Å². The Morgan fingerprint density at radius 2 is 1.88 bits per heavy atom. The van der Waals surface area contributed by atoms with E-state index in [2.05, 4.69) is 18.9 Å². The number of sulfonamides is 1. The van der Waals surface area contributed by atoms with E-state index in [0.29, 0.717) is 61.2 Å². The maximum absolute atomic E-state index is 13.1. The lowest BCUT2D eigenvalue weighted by Crippen LogP contribution is -2.38. The van der Waals surface area contributed by atoms with Gasteiger partial charge in [-0.3, -0.25) is 9.48 Å². The highest BCUT2D eigenvalue weighted by Crippen LogP contribution is 2.24. The van der Waals surface area contributed by atoms with Crippen LogP contribution in [0.2, 0.25) is 0 Å². The number of aryl methyl sites for hydroxylation is 2. The maximum Gasteiger partial charge on any atom is 0.246 e. The summed E-state index contributed by atoms with van der Waals surface area (Å²) in [5.41, 5.74) is 1.17. The van der Waals surface area contributed by atoms with Crippen molar-refractivity contribution in [2.24, 2.45) is 13.0 Å². The Morgan fingerprint density at radius 1 is 1.20 bits per heavy atom. The van der Waals surface area contributed by atoms with Crippen molar-refractivity contribution < 1.29 is 13.2 Å². The SMILES string of the molecule is CCC(C)CC(=O)N1CCCN(S(=O)(=O)c2c(C)nn(C)c2C)CC1. The largest absolute Gasteiger partial charge is 0.341 e. The highest BCUT2D eigenvalue weighted by Gasteiger charge is 2.32. The average Bonchev–Trinajstić information content (AvgIpc) is 2.73. The number of amides is 1. The summed E-state index contributed by atoms with van der Waals surface area (Å²) in [5.74, 6) is 0.485. The molecule has 1 amide bonds. The molecule has 1 unspecified atom stereocenters. The molecule has 1 fully saturated rings. The predicted octanol–water partition coefficient (Wildman–Crippen LogP) is 1.70. The van der Waals surface area contributed by atoms with E-state index >= 15 is 0 Å². The van der Waals surface area contributed by atoms with Crippen LogP contribution in [0.4, 0.5) is 0 Å². The first kappa shape index (κ1) is 19.9. The molecule has 0 N–H and O–H groups in total. The summed E-state index contributed by atoms with van der Waals surface area (Å²) < 4.78 is 29.2. The number of carbonyl (C=O) groups excluding carboxylic acids is 1. The number of hydrogen-bond donors (Lipinski definition) is 0. The molecule has 1 saturated heterocycles. The Labute approximate surface area is 151 Å². The van der Waals surface area contributed by atoms with E-state index in [-0.39, 0.29) is 5.91 Å². The molecule has 0 bridgehead atoms. The molecule has 1 aliphatic heterocycles. The fourth-order valence-electron chi connectivity index (χ4n) is 3.21. The zero-order valence-electron chi connectivity index (χ0n) is 15.9. The molecule has 0 saturated carbocycles. The molecule has 0 aliphatic carbocycles. The monoisotopic (exact) mass is 370 g/mol. The summed E-state index contributed by atoms with van der Waals surface area (Å²) in [7, 11) is -1.84. The Balaban J connectivity index is 2.13. The zero-order valence-corrected chi connectivity index (χ0v) is 16.8. The first-order valence-corrected chi connectivity index (χ1v) is 10.4. The highest BCUT2D eigenvalue weighted by atomic mass is 32.2. The van der Waals surface area contributed by atoms with Gasteiger partial charge < -0.3 is 4.90 Å². The van der Waals surface area contributed by atoms with Crippen molar-refractivity contribution in [1.29, 1.82) is 0 Å². The number of rotatable bonds is 5. The average molecular weight is 371 g/mol. The van der Waals surface area contributed by atoms with Crippen molar-refractivity contribution in [3.8, 4) is 0 Å². The fourth-order valence-corrected chi connectivity index (χ4v) is 5.08. The van der Waals surface area contributed by atoms with Crippen molar-refractivity contribution in [3.05, 3.63) is 11.4 Å². The Bertz CT molecular complexity index is 726. The van der Waals surface area contributed by atoms with Crippen LogP contribution < -0.4 is 0 Å². The van der Waals surface area contributed by atoms with Crippen molar-refractivity contribution in [3.63, 3.8) is 0 Å². The quantitative estimate of drug-likeness (QED) is 0.790. The van der Waals surface area contributed by atoms with Gasteiger partial charge in [0.15, 0.2) is 0 Å². The molecule has 1 atom stereocenters.